The Labute approximate surface area is 97.6 Å². The second-order valence-electron chi connectivity index (χ2n) is 4.46. The van der Waals surface area contributed by atoms with Gasteiger partial charge in [-0.2, -0.15) is 0 Å². The van der Waals surface area contributed by atoms with Gasteiger partial charge in [0, 0.05) is 13.1 Å². The van der Waals surface area contributed by atoms with Crippen LogP contribution in [-0.2, 0) is 9.53 Å². The van der Waals surface area contributed by atoms with Crippen molar-refractivity contribution in [2.75, 3.05) is 26.2 Å². The molecule has 1 N–H and O–H groups in total. The summed E-state index contributed by atoms with van der Waals surface area (Å²) in [6.07, 6.45) is 2.13. The molecule has 1 aliphatic carbocycles. The number of hydrogen-bond acceptors (Lipinski definition) is 4. The number of rotatable bonds is 8. The van der Waals surface area contributed by atoms with Crippen molar-refractivity contribution < 1.29 is 14.6 Å². The van der Waals surface area contributed by atoms with Gasteiger partial charge in [-0.3, -0.25) is 4.79 Å². The summed E-state index contributed by atoms with van der Waals surface area (Å²) in [5.41, 5.74) is 0. The first kappa shape index (κ1) is 13.5. The van der Waals surface area contributed by atoms with Crippen LogP contribution in [0.5, 0.6) is 0 Å². The molecule has 0 spiro atoms. The first-order valence-corrected chi connectivity index (χ1v) is 6.21. The minimum Gasteiger partial charge on any atom is -0.466 e. The quantitative estimate of drug-likeness (QED) is 0.632. The van der Waals surface area contributed by atoms with Crippen molar-refractivity contribution in [1.29, 1.82) is 0 Å². The van der Waals surface area contributed by atoms with Crippen molar-refractivity contribution in [2.45, 2.75) is 39.2 Å². The topological polar surface area (TPSA) is 49.8 Å². The molecule has 1 rings (SSSR count). The molecule has 16 heavy (non-hydrogen) atoms. The molecule has 94 valence electrons. The summed E-state index contributed by atoms with van der Waals surface area (Å²) in [5, 5.41) is 9.74. The van der Waals surface area contributed by atoms with Crippen LogP contribution >= 0.6 is 0 Å². The molecule has 0 aromatic heterocycles. The third-order valence-corrected chi connectivity index (χ3v) is 2.84. The standard InChI is InChI=1S/C12H23NO3/c1-3-13(8-10-5-6-10)9-11(14)7-12(15)16-4-2/h10-11,14H,3-9H2,1-2H3. The maximum atomic E-state index is 11.2. The van der Waals surface area contributed by atoms with Gasteiger partial charge in [0.1, 0.15) is 0 Å². The van der Waals surface area contributed by atoms with Crippen molar-refractivity contribution in [3.63, 3.8) is 0 Å². The zero-order valence-corrected chi connectivity index (χ0v) is 10.3. The molecule has 4 nitrogen and oxygen atoms in total. The fourth-order valence-electron chi connectivity index (χ4n) is 1.77. The first-order valence-electron chi connectivity index (χ1n) is 6.21. The van der Waals surface area contributed by atoms with Crippen LogP contribution in [0.15, 0.2) is 0 Å². The summed E-state index contributed by atoms with van der Waals surface area (Å²) in [5.74, 6) is 0.507. The minimum absolute atomic E-state index is 0.106. The van der Waals surface area contributed by atoms with Crippen LogP contribution in [0.25, 0.3) is 0 Å². The van der Waals surface area contributed by atoms with Crippen LogP contribution < -0.4 is 0 Å². The lowest BCUT2D eigenvalue weighted by atomic mass is 10.2. The van der Waals surface area contributed by atoms with Crippen molar-refractivity contribution in [3.05, 3.63) is 0 Å². The molecule has 0 bridgehead atoms. The number of carbonyl (C=O) groups excluding carboxylic acids is 1. The highest BCUT2D eigenvalue weighted by Crippen LogP contribution is 2.29. The van der Waals surface area contributed by atoms with Gasteiger partial charge in [0.15, 0.2) is 0 Å². The van der Waals surface area contributed by atoms with Crippen molar-refractivity contribution in [2.24, 2.45) is 5.92 Å². The molecule has 0 saturated heterocycles. The van der Waals surface area contributed by atoms with Crippen LogP contribution in [0.2, 0.25) is 0 Å². The molecule has 1 aliphatic rings. The smallest absolute Gasteiger partial charge is 0.308 e. The molecule has 0 radical (unpaired) electrons. The predicted molar refractivity (Wildman–Crippen MR) is 62.1 cm³/mol. The molecule has 0 aromatic rings. The Bertz CT molecular complexity index is 216. The van der Waals surface area contributed by atoms with Crippen LogP contribution in [0, 0.1) is 5.92 Å². The zero-order valence-electron chi connectivity index (χ0n) is 10.3. The van der Waals surface area contributed by atoms with E-state index in [9.17, 15) is 9.90 Å². The van der Waals surface area contributed by atoms with Gasteiger partial charge in [-0.1, -0.05) is 6.92 Å². The van der Waals surface area contributed by atoms with Crippen LogP contribution in [0.3, 0.4) is 0 Å². The lowest BCUT2D eigenvalue weighted by Crippen LogP contribution is -2.35. The lowest BCUT2D eigenvalue weighted by molar-refractivity contribution is -0.145. The van der Waals surface area contributed by atoms with Crippen molar-refractivity contribution >= 4 is 5.97 Å². The van der Waals surface area contributed by atoms with Crippen LogP contribution in [0.1, 0.15) is 33.1 Å². The van der Waals surface area contributed by atoms with E-state index in [1.54, 1.807) is 6.92 Å². The van der Waals surface area contributed by atoms with E-state index in [2.05, 4.69) is 11.8 Å². The van der Waals surface area contributed by atoms with E-state index in [1.807, 2.05) is 0 Å². The average Bonchev–Trinajstić information content (AvgIpc) is 3.00. The molecule has 0 aromatic carbocycles. The number of carbonyl (C=O) groups is 1. The zero-order chi connectivity index (χ0) is 12.0. The highest BCUT2D eigenvalue weighted by molar-refractivity contribution is 5.69. The van der Waals surface area contributed by atoms with E-state index in [1.165, 1.54) is 12.8 Å². The summed E-state index contributed by atoms with van der Waals surface area (Å²) in [6.45, 7) is 6.79. The van der Waals surface area contributed by atoms with Gasteiger partial charge in [0.25, 0.3) is 0 Å². The lowest BCUT2D eigenvalue weighted by Gasteiger charge is -2.22. The van der Waals surface area contributed by atoms with Gasteiger partial charge in [0.2, 0.25) is 0 Å². The Morgan fingerprint density at radius 1 is 1.50 bits per heavy atom. The van der Waals surface area contributed by atoms with Crippen LogP contribution in [-0.4, -0.2) is 48.3 Å². The molecule has 0 aliphatic heterocycles. The van der Waals surface area contributed by atoms with E-state index >= 15 is 0 Å². The van der Waals surface area contributed by atoms with Gasteiger partial charge in [-0.25, -0.2) is 0 Å². The normalized spacial score (nSPS) is 17.5. The second kappa shape index (κ2) is 6.86. The molecule has 0 amide bonds. The molecule has 1 saturated carbocycles. The van der Waals surface area contributed by atoms with Gasteiger partial charge >= 0.3 is 5.97 Å². The van der Waals surface area contributed by atoms with Gasteiger partial charge in [-0.15, -0.1) is 0 Å². The SMILES string of the molecule is CCOC(=O)CC(O)CN(CC)CC1CC1. The van der Waals surface area contributed by atoms with Crippen molar-refractivity contribution in [1.82, 2.24) is 4.90 Å². The van der Waals surface area contributed by atoms with Crippen LogP contribution in [0.4, 0.5) is 0 Å². The Kier molecular flexibility index (Phi) is 5.77. The second-order valence-corrected chi connectivity index (χ2v) is 4.46. The van der Waals surface area contributed by atoms with E-state index in [4.69, 9.17) is 4.74 Å². The maximum Gasteiger partial charge on any atom is 0.308 e. The molecule has 4 heteroatoms. The van der Waals surface area contributed by atoms with E-state index in [0.29, 0.717) is 13.2 Å². The van der Waals surface area contributed by atoms with Gasteiger partial charge in [-0.05, 0) is 32.2 Å². The third kappa shape index (κ3) is 5.47. The first-order chi connectivity index (χ1) is 7.65. The number of hydrogen-bond donors (Lipinski definition) is 1. The molecule has 0 heterocycles. The highest BCUT2D eigenvalue weighted by atomic mass is 16.5. The van der Waals surface area contributed by atoms with Gasteiger partial charge in [0.05, 0.1) is 19.1 Å². The third-order valence-electron chi connectivity index (χ3n) is 2.84. The molecule has 1 unspecified atom stereocenters. The summed E-state index contributed by atoms with van der Waals surface area (Å²) >= 11 is 0. The summed E-state index contributed by atoms with van der Waals surface area (Å²) in [6, 6.07) is 0. The predicted octanol–water partition coefficient (Wildman–Crippen LogP) is 1.03. The Hall–Kier alpha value is -0.610. The maximum absolute atomic E-state index is 11.2. The Morgan fingerprint density at radius 2 is 2.19 bits per heavy atom. The molecule has 1 fully saturated rings. The number of nitrogens with zero attached hydrogens (tertiary/aromatic N) is 1. The fraction of sp³-hybridized carbons (Fsp3) is 0.917. The van der Waals surface area contributed by atoms with E-state index < -0.39 is 6.10 Å². The number of esters is 1. The van der Waals surface area contributed by atoms with Gasteiger partial charge < -0.3 is 14.7 Å². The summed E-state index contributed by atoms with van der Waals surface area (Å²) in [7, 11) is 0. The number of aliphatic hydroxyl groups is 1. The highest BCUT2D eigenvalue weighted by Gasteiger charge is 2.25. The Morgan fingerprint density at radius 3 is 2.69 bits per heavy atom. The monoisotopic (exact) mass is 229 g/mol. The molecule has 1 atom stereocenters. The van der Waals surface area contributed by atoms with Crippen molar-refractivity contribution in [3.8, 4) is 0 Å². The summed E-state index contributed by atoms with van der Waals surface area (Å²) in [4.78, 5) is 13.4. The largest absolute Gasteiger partial charge is 0.466 e. The molecular weight excluding hydrogens is 206 g/mol. The molecular formula is C12H23NO3. The number of aliphatic hydroxyl groups excluding tert-OH is 1. The van der Waals surface area contributed by atoms with E-state index in [0.717, 1.165) is 19.0 Å². The minimum atomic E-state index is -0.599. The van der Waals surface area contributed by atoms with E-state index in [-0.39, 0.29) is 12.4 Å². The fourth-order valence-corrected chi connectivity index (χ4v) is 1.77. The summed E-state index contributed by atoms with van der Waals surface area (Å²) < 4.78 is 4.80. The number of ether oxygens (including phenoxy) is 1. The average molecular weight is 229 g/mol. The Balaban J connectivity index is 2.18. The number of likely N-dealkylation sites (N-methyl/N-ethyl adjacent to an activating group) is 1.